The number of nitrogens with two attached hydrogens (primary N) is 1. The molecule has 1 amide bonds. The second-order valence-corrected chi connectivity index (χ2v) is 5.05. The largest absolute Gasteiger partial charge is 0.484 e. The Morgan fingerprint density at radius 1 is 1.16 bits per heavy atom. The third-order valence-electron chi connectivity index (χ3n) is 2.40. The molecule has 0 bridgehead atoms. The van der Waals surface area contributed by atoms with Crippen LogP contribution in [0, 0.1) is 3.57 Å². The Morgan fingerprint density at radius 2 is 1.84 bits per heavy atom. The number of halogens is 1. The lowest BCUT2D eigenvalue weighted by Crippen LogP contribution is -2.20. The number of nitrogens with one attached hydrogen (secondary N) is 1. The van der Waals surface area contributed by atoms with Gasteiger partial charge in [0.15, 0.2) is 6.61 Å². The minimum Gasteiger partial charge on any atom is -0.484 e. The van der Waals surface area contributed by atoms with Crippen LogP contribution in [0.15, 0.2) is 48.5 Å². The molecule has 2 rings (SSSR count). The number of benzene rings is 2. The Kier molecular flexibility index (Phi) is 4.62. The molecule has 0 aliphatic heterocycles. The van der Waals surface area contributed by atoms with E-state index in [0.29, 0.717) is 11.4 Å². The van der Waals surface area contributed by atoms with Crippen LogP contribution in [0.4, 0.5) is 11.4 Å². The van der Waals surface area contributed by atoms with Crippen LogP contribution in [0.3, 0.4) is 0 Å². The molecule has 4 nitrogen and oxygen atoms in total. The third kappa shape index (κ3) is 4.13. The van der Waals surface area contributed by atoms with E-state index in [1.54, 1.807) is 24.3 Å². The van der Waals surface area contributed by atoms with Crippen molar-refractivity contribution in [2.45, 2.75) is 0 Å². The third-order valence-corrected chi connectivity index (χ3v) is 3.34. The Labute approximate surface area is 125 Å². The summed E-state index contributed by atoms with van der Waals surface area (Å²) in [5.41, 5.74) is 7.01. The van der Waals surface area contributed by atoms with Gasteiger partial charge < -0.3 is 15.8 Å². The van der Waals surface area contributed by atoms with Gasteiger partial charge in [0, 0.05) is 9.26 Å². The lowest BCUT2D eigenvalue weighted by molar-refractivity contribution is -0.118. The molecular weight excluding hydrogens is 355 g/mol. The summed E-state index contributed by atoms with van der Waals surface area (Å²) in [5, 5.41) is 2.80. The van der Waals surface area contributed by atoms with E-state index in [1.807, 2.05) is 24.3 Å². The molecule has 0 unspecified atom stereocenters. The van der Waals surface area contributed by atoms with E-state index >= 15 is 0 Å². The van der Waals surface area contributed by atoms with E-state index in [4.69, 9.17) is 10.5 Å². The molecule has 0 spiro atoms. The molecule has 3 N–H and O–H groups in total. The van der Waals surface area contributed by atoms with Crippen molar-refractivity contribution in [3.8, 4) is 5.75 Å². The van der Waals surface area contributed by atoms with Gasteiger partial charge >= 0.3 is 0 Å². The van der Waals surface area contributed by atoms with Crippen molar-refractivity contribution < 1.29 is 9.53 Å². The maximum atomic E-state index is 11.7. The first-order valence-corrected chi connectivity index (χ1v) is 6.76. The van der Waals surface area contributed by atoms with Gasteiger partial charge in [-0.25, -0.2) is 0 Å². The minimum atomic E-state index is -0.194. The fraction of sp³-hybridized carbons (Fsp3) is 0.0714. The first-order valence-electron chi connectivity index (χ1n) is 5.68. The number of ether oxygens (including phenoxy) is 1. The number of nitrogen functional groups attached to an aromatic ring is 1. The highest BCUT2D eigenvalue weighted by molar-refractivity contribution is 14.1. The number of carbonyl (C=O) groups excluding carboxylic acids is 1. The summed E-state index contributed by atoms with van der Waals surface area (Å²) >= 11 is 2.17. The Hall–Kier alpha value is -1.76. The van der Waals surface area contributed by atoms with E-state index in [9.17, 15) is 4.79 Å². The van der Waals surface area contributed by atoms with Gasteiger partial charge in [-0.3, -0.25) is 4.79 Å². The zero-order valence-electron chi connectivity index (χ0n) is 10.1. The smallest absolute Gasteiger partial charge is 0.262 e. The molecule has 0 fully saturated rings. The number of rotatable bonds is 4. The van der Waals surface area contributed by atoms with Crippen molar-refractivity contribution in [2.24, 2.45) is 0 Å². The fourth-order valence-corrected chi connectivity index (χ4v) is 1.98. The van der Waals surface area contributed by atoms with Gasteiger partial charge in [0.05, 0.1) is 5.69 Å². The predicted octanol–water partition coefficient (Wildman–Crippen LogP) is 2.89. The number of hydrogen-bond donors (Lipinski definition) is 2. The SMILES string of the molecule is Nc1ccc(OCC(=O)Nc2ccccc2I)cc1. The molecule has 0 saturated carbocycles. The molecule has 19 heavy (non-hydrogen) atoms. The summed E-state index contributed by atoms with van der Waals surface area (Å²) in [6.07, 6.45) is 0. The van der Waals surface area contributed by atoms with E-state index in [2.05, 4.69) is 27.9 Å². The molecule has 0 heterocycles. The Bertz CT molecular complexity index is 570. The van der Waals surface area contributed by atoms with Crippen molar-refractivity contribution in [3.05, 3.63) is 52.1 Å². The van der Waals surface area contributed by atoms with Crippen LogP contribution in [0.5, 0.6) is 5.75 Å². The topological polar surface area (TPSA) is 64.3 Å². The molecular formula is C14H13IN2O2. The number of hydrogen-bond acceptors (Lipinski definition) is 3. The molecule has 0 aromatic heterocycles. The quantitative estimate of drug-likeness (QED) is 0.645. The fourth-order valence-electron chi connectivity index (χ4n) is 1.46. The maximum absolute atomic E-state index is 11.7. The molecule has 0 saturated heterocycles. The first-order chi connectivity index (χ1) is 9.15. The van der Waals surface area contributed by atoms with Crippen molar-refractivity contribution >= 4 is 39.9 Å². The second-order valence-electron chi connectivity index (χ2n) is 3.89. The maximum Gasteiger partial charge on any atom is 0.262 e. The zero-order valence-corrected chi connectivity index (χ0v) is 12.3. The standard InChI is InChI=1S/C14H13IN2O2/c15-12-3-1-2-4-13(12)17-14(18)9-19-11-7-5-10(16)6-8-11/h1-8H,9,16H2,(H,17,18). The highest BCUT2D eigenvalue weighted by Gasteiger charge is 2.05. The summed E-state index contributed by atoms with van der Waals surface area (Å²) in [7, 11) is 0. The van der Waals surface area contributed by atoms with E-state index in [0.717, 1.165) is 9.26 Å². The Morgan fingerprint density at radius 3 is 2.53 bits per heavy atom. The van der Waals surface area contributed by atoms with Crippen LogP contribution in [0.25, 0.3) is 0 Å². The number of amides is 1. The van der Waals surface area contributed by atoms with Gasteiger partial charge in [0.2, 0.25) is 0 Å². The van der Waals surface area contributed by atoms with Gasteiger partial charge in [-0.15, -0.1) is 0 Å². The molecule has 0 aliphatic carbocycles. The first kappa shape index (κ1) is 13.7. The number of para-hydroxylation sites is 1. The van der Waals surface area contributed by atoms with Gasteiger partial charge in [0.25, 0.3) is 5.91 Å². The number of carbonyl (C=O) groups is 1. The molecule has 98 valence electrons. The summed E-state index contributed by atoms with van der Waals surface area (Å²) in [6.45, 7) is -0.0328. The van der Waals surface area contributed by atoms with Crippen LogP contribution in [0.2, 0.25) is 0 Å². The molecule has 2 aromatic rings. The summed E-state index contributed by atoms with van der Waals surface area (Å²) in [5.74, 6) is 0.424. The van der Waals surface area contributed by atoms with E-state index < -0.39 is 0 Å². The van der Waals surface area contributed by atoms with Crippen molar-refractivity contribution in [1.82, 2.24) is 0 Å². The van der Waals surface area contributed by atoms with Gasteiger partial charge in [0.1, 0.15) is 5.75 Å². The van der Waals surface area contributed by atoms with E-state index in [-0.39, 0.29) is 12.5 Å². The highest BCUT2D eigenvalue weighted by atomic mass is 127. The van der Waals surface area contributed by atoms with Gasteiger partial charge in [-0.1, -0.05) is 12.1 Å². The van der Waals surface area contributed by atoms with Crippen LogP contribution in [0.1, 0.15) is 0 Å². The molecule has 5 heteroatoms. The summed E-state index contributed by atoms with van der Waals surface area (Å²) in [4.78, 5) is 11.7. The lowest BCUT2D eigenvalue weighted by Gasteiger charge is -2.08. The minimum absolute atomic E-state index is 0.0328. The molecule has 0 atom stereocenters. The average Bonchev–Trinajstić information content (AvgIpc) is 2.41. The van der Waals surface area contributed by atoms with Crippen molar-refractivity contribution in [2.75, 3.05) is 17.7 Å². The normalized spacial score (nSPS) is 9.95. The molecule has 0 aliphatic rings. The summed E-state index contributed by atoms with van der Waals surface area (Å²) in [6, 6.07) is 14.5. The van der Waals surface area contributed by atoms with Crippen LogP contribution >= 0.6 is 22.6 Å². The molecule has 2 aromatic carbocycles. The van der Waals surface area contributed by atoms with Gasteiger partial charge in [-0.05, 0) is 59.0 Å². The highest BCUT2D eigenvalue weighted by Crippen LogP contribution is 2.17. The zero-order chi connectivity index (χ0) is 13.7. The van der Waals surface area contributed by atoms with Crippen LogP contribution in [-0.4, -0.2) is 12.5 Å². The molecule has 0 radical (unpaired) electrons. The van der Waals surface area contributed by atoms with Gasteiger partial charge in [-0.2, -0.15) is 0 Å². The van der Waals surface area contributed by atoms with Crippen LogP contribution < -0.4 is 15.8 Å². The van der Waals surface area contributed by atoms with Crippen molar-refractivity contribution in [1.29, 1.82) is 0 Å². The lowest BCUT2D eigenvalue weighted by atomic mass is 10.3. The van der Waals surface area contributed by atoms with Crippen LogP contribution in [-0.2, 0) is 4.79 Å². The van der Waals surface area contributed by atoms with Crippen molar-refractivity contribution in [3.63, 3.8) is 0 Å². The average molecular weight is 368 g/mol. The second kappa shape index (κ2) is 6.42. The monoisotopic (exact) mass is 368 g/mol. The van der Waals surface area contributed by atoms with E-state index in [1.165, 1.54) is 0 Å². The Balaban J connectivity index is 1.88. The summed E-state index contributed by atoms with van der Waals surface area (Å²) < 4.78 is 6.35. The number of anilines is 2. The predicted molar refractivity (Wildman–Crippen MR) is 84.1 cm³/mol.